The van der Waals surface area contributed by atoms with E-state index in [0.717, 1.165) is 11.1 Å². The minimum Gasteiger partial charge on any atom is -0.350 e. The Hall–Kier alpha value is -2.18. The average Bonchev–Trinajstić information content (AvgIpc) is 2.53. The lowest BCUT2D eigenvalue weighted by Crippen LogP contribution is -2.35. The Kier molecular flexibility index (Phi) is 5.52. The van der Waals surface area contributed by atoms with Crippen molar-refractivity contribution in [3.8, 4) is 0 Å². The summed E-state index contributed by atoms with van der Waals surface area (Å²) < 4.78 is 29.2. The van der Waals surface area contributed by atoms with Crippen molar-refractivity contribution in [1.29, 1.82) is 0 Å². The summed E-state index contributed by atoms with van der Waals surface area (Å²) in [5.74, 6) is -0.482. The van der Waals surface area contributed by atoms with Crippen LogP contribution in [-0.4, -0.2) is 20.4 Å². The fraction of sp³-hybridized carbons (Fsp3) is 0.235. The fourth-order valence-electron chi connectivity index (χ4n) is 1.92. The van der Waals surface area contributed by atoms with Gasteiger partial charge in [0.1, 0.15) is 0 Å². The molecule has 2 rings (SSSR count). The molecule has 1 amide bonds. The van der Waals surface area contributed by atoms with Gasteiger partial charge in [0, 0.05) is 6.54 Å². The first-order valence-electron chi connectivity index (χ1n) is 7.20. The van der Waals surface area contributed by atoms with Crippen LogP contribution in [0.15, 0.2) is 59.5 Å². The first kappa shape index (κ1) is 17.2. The standard InChI is InChI=1S/C17H19NO4S/c1-13-8-10-16(11-9-13)23(20,21)22-14(2)17(19)18-12-15-6-4-3-5-7-15/h3-11,14H,12H2,1-2H3,(H,18,19). The van der Waals surface area contributed by atoms with Crippen LogP contribution in [0, 0.1) is 6.92 Å². The number of benzene rings is 2. The normalized spacial score (nSPS) is 12.6. The van der Waals surface area contributed by atoms with Crippen molar-refractivity contribution in [3.63, 3.8) is 0 Å². The quantitative estimate of drug-likeness (QED) is 0.824. The number of carbonyl (C=O) groups excluding carboxylic acids is 1. The van der Waals surface area contributed by atoms with Gasteiger partial charge in [0.25, 0.3) is 16.0 Å². The van der Waals surface area contributed by atoms with E-state index in [1.807, 2.05) is 37.3 Å². The second-order valence-electron chi connectivity index (χ2n) is 5.21. The third-order valence-electron chi connectivity index (χ3n) is 3.26. The zero-order valence-electron chi connectivity index (χ0n) is 13.0. The molecule has 23 heavy (non-hydrogen) atoms. The molecule has 0 radical (unpaired) electrons. The van der Waals surface area contributed by atoms with Crippen LogP contribution in [0.5, 0.6) is 0 Å². The smallest absolute Gasteiger partial charge is 0.297 e. The van der Waals surface area contributed by atoms with Crippen LogP contribution in [-0.2, 0) is 25.6 Å². The van der Waals surface area contributed by atoms with Crippen LogP contribution < -0.4 is 5.32 Å². The van der Waals surface area contributed by atoms with Crippen molar-refractivity contribution in [1.82, 2.24) is 5.32 Å². The molecule has 2 aromatic carbocycles. The summed E-state index contributed by atoms with van der Waals surface area (Å²) in [4.78, 5) is 12.0. The number of nitrogens with one attached hydrogen (secondary N) is 1. The molecule has 0 aliphatic heterocycles. The number of rotatable bonds is 6. The van der Waals surface area contributed by atoms with E-state index < -0.39 is 22.1 Å². The summed E-state index contributed by atoms with van der Waals surface area (Å²) in [6, 6.07) is 15.6. The van der Waals surface area contributed by atoms with Gasteiger partial charge in [-0.2, -0.15) is 8.42 Å². The molecule has 0 bridgehead atoms. The molecule has 1 N–H and O–H groups in total. The minimum atomic E-state index is -3.97. The maximum Gasteiger partial charge on any atom is 0.297 e. The van der Waals surface area contributed by atoms with Crippen molar-refractivity contribution in [2.24, 2.45) is 0 Å². The molecule has 0 aromatic heterocycles. The molecule has 2 aromatic rings. The third kappa shape index (κ3) is 4.91. The van der Waals surface area contributed by atoms with Gasteiger partial charge in [-0.1, -0.05) is 48.0 Å². The highest BCUT2D eigenvalue weighted by molar-refractivity contribution is 7.86. The van der Waals surface area contributed by atoms with Gasteiger partial charge in [0.15, 0.2) is 6.10 Å². The van der Waals surface area contributed by atoms with Gasteiger partial charge in [-0.3, -0.25) is 8.98 Å². The monoisotopic (exact) mass is 333 g/mol. The van der Waals surface area contributed by atoms with Crippen molar-refractivity contribution in [2.75, 3.05) is 0 Å². The number of hydrogen-bond donors (Lipinski definition) is 1. The molecular weight excluding hydrogens is 314 g/mol. The molecule has 1 unspecified atom stereocenters. The summed E-state index contributed by atoms with van der Waals surface area (Å²) in [6.07, 6.45) is -1.11. The first-order chi connectivity index (χ1) is 10.9. The summed E-state index contributed by atoms with van der Waals surface area (Å²) in [5, 5.41) is 2.65. The molecule has 0 aliphatic rings. The second kappa shape index (κ2) is 7.39. The Morgan fingerprint density at radius 3 is 2.30 bits per heavy atom. The van der Waals surface area contributed by atoms with Gasteiger partial charge in [-0.05, 0) is 31.5 Å². The van der Waals surface area contributed by atoms with Gasteiger partial charge >= 0.3 is 0 Å². The highest BCUT2D eigenvalue weighted by atomic mass is 32.2. The van der Waals surface area contributed by atoms with Crippen molar-refractivity contribution >= 4 is 16.0 Å². The van der Waals surface area contributed by atoms with E-state index >= 15 is 0 Å². The van der Waals surface area contributed by atoms with Crippen molar-refractivity contribution < 1.29 is 17.4 Å². The molecule has 0 saturated carbocycles. The summed E-state index contributed by atoms with van der Waals surface area (Å²) in [6.45, 7) is 3.58. The Labute approximate surface area is 136 Å². The number of carbonyl (C=O) groups is 1. The predicted molar refractivity (Wildman–Crippen MR) is 87.2 cm³/mol. The van der Waals surface area contributed by atoms with E-state index in [0.29, 0.717) is 6.54 Å². The molecule has 0 spiro atoms. The highest BCUT2D eigenvalue weighted by Gasteiger charge is 2.23. The van der Waals surface area contributed by atoms with Gasteiger partial charge in [0.05, 0.1) is 4.90 Å². The summed E-state index contributed by atoms with van der Waals surface area (Å²) in [5.41, 5.74) is 1.87. The first-order valence-corrected chi connectivity index (χ1v) is 8.61. The van der Waals surface area contributed by atoms with Crippen LogP contribution in [0.3, 0.4) is 0 Å². The molecule has 0 fully saturated rings. The topological polar surface area (TPSA) is 72.5 Å². The summed E-state index contributed by atoms with van der Waals surface area (Å²) in [7, 11) is -3.97. The Bertz CT molecular complexity index is 755. The SMILES string of the molecule is Cc1ccc(S(=O)(=O)OC(C)C(=O)NCc2ccccc2)cc1. The number of aryl methyl sites for hydroxylation is 1. The van der Waals surface area contributed by atoms with Crippen LogP contribution in [0.1, 0.15) is 18.1 Å². The Morgan fingerprint density at radius 1 is 1.09 bits per heavy atom. The van der Waals surface area contributed by atoms with Gasteiger partial charge < -0.3 is 5.32 Å². The molecule has 6 heteroatoms. The molecule has 5 nitrogen and oxygen atoms in total. The lowest BCUT2D eigenvalue weighted by Gasteiger charge is -2.13. The van der Waals surface area contributed by atoms with E-state index in [-0.39, 0.29) is 4.90 Å². The van der Waals surface area contributed by atoms with Crippen molar-refractivity contribution in [2.45, 2.75) is 31.4 Å². The van der Waals surface area contributed by atoms with E-state index in [1.165, 1.54) is 19.1 Å². The molecule has 0 aliphatic carbocycles. The molecule has 1 atom stereocenters. The second-order valence-corrected chi connectivity index (χ2v) is 6.78. The van der Waals surface area contributed by atoms with Crippen LogP contribution in [0.25, 0.3) is 0 Å². The molecular formula is C17H19NO4S. The van der Waals surface area contributed by atoms with Gasteiger partial charge in [-0.15, -0.1) is 0 Å². The van der Waals surface area contributed by atoms with Gasteiger partial charge in [-0.25, -0.2) is 0 Å². The fourth-order valence-corrected chi connectivity index (χ4v) is 2.97. The van der Waals surface area contributed by atoms with E-state index in [2.05, 4.69) is 5.32 Å². The van der Waals surface area contributed by atoms with Crippen molar-refractivity contribution in [3.05, 3.63) is 65.7 Å². The summed E-state index contributed by atoms with van der Waals surface area (Å²) >= 11 is 0. The third-order valence-corrected chi connectivity index (χ3v) is 4.65. The largest absolute Gasteiger partial charge is 0.350 e. The number of amides is 1. The predicted octanol–water partition coefficient (Wildman–Crippen LogP) is 2.41. The van der Waals surface area contributed by atoms with E-state index in [1.54, 1.807) is 12.1 Å². The minimum absolute atomic E-state index is 0.0332. The Balaban J connectivity index is 1.96. The average molecular weight is 333 g/mol. The lowest BCUT2D eigenvalue weighted by molar-refractivity contribution is -0.127. The van der Waals surface area contributed by atoms with Gasteiger partial charge in [0.2, 0.25) is 0 Å². The molecule has 0 saturated heterocycles. The number of hydrogen-bond acceptors (Lipinski definition) is 4. The maximum absolute atomic E-state index is 12.1. The molecule has 122 valence electrons. The highest BCUT2D eigenvalue weighted by Crippen LogP contribution is 2.15. The zero-order valence-corrected chi connectivity index (χ0v) is 13.8. The van der Waals surface area contributed by atoms with Crippen LogP contribution in [0.4, 0.5) is 0 Å². The van der Waals surface area contributed by atoms with Crippen LogP contribution in [0.2, 0.25) is 0 Å². The van der Waals surface area contributed by atoms with E-state index in [9.17, 15) is 13.2 Å². The zero-order chi connectivity index (χ0) is 16.9. The van der Waals surface area contributed by atoms with Crippen LogP contribution >= 0.6 is 0 Å². The van der Waals surface area contributed by atoms with E-state index in [4.69, 9.17) is 4.18 Å². The Morgan fingerprint density at radius 2 is 1.70 bits per heavy atom. The lowest BCUT2D eigenvalue weighted by atomic mass is 10.2. The maximum atomic E-state index is 12.1. The molecule has 0 heterocycles.